The van der Waals surface area contributed by atoms with E-state index in [-0.39, 0.29) is 30.0 Å². The SMILES string of the molecule is C[C@H]1CCN1c1nc(-c2cnn(CC(=O)N3CCNCC3)c2)c(F)c(C(F)(F)F)n1. The van der Waals surface area contributed by atoms with E-state index in [0.29, 0.717) is 32.7 Å². The molecule has 8 nitrogen and oxygen atoms in total. The predicted octanol–water partition coefficient (Wildman–Crippen LogP) is 1.53. The van der Waals surface area contributed by atoms with E-state index in [9.17, 15) is 22.4 Å². The molecule has 12 heteroatoms. The molecule has 0 bridgehead atoms. The number of halogens is 4. The van der Waals surface area contributed by atoms with Gasteiger partial charge in [-0.05, 0) is 13.3 Å². The van der Waals surface area contributed by atoms with Gasteiger partial charge in [-0.3, -0.25) is 9.48 Å². The number of hydrogen-bond donors (Lipinski definition) is 1. The molecular weight excluding hydrogens is 406 g/mol. The molecule has 2 aliphatic rings. The number of alkyl halides is 3. The topological polar surface area (TPSA) is 79.2 Å². The number of amides is 1. The zero-order valence-electron chi connectivity index (χ0n) is 16.3. The fourth-order valence-electron chi connectivity index (χ4n) is 3.48. The zero-order chi connectivity index (χ0) is 21.5. The minimum absolute atomic E-state index is 0.0243. The lowest BCUT2D eigenvalue weighted by molar-refractivity contribution is -0.143. The van der Waals surface area contributed by atoms with E-state index in [4.69, 9.17) is 0 Å². The van der Waals surface area contributed by atoms with Crippen LogP contribution in [0.1, 0.15) is 19.0 Å². The number of nitrogens with one attached hydrogen (secondary N) is 1. The Hall–Kier alpha value is -2.76. The van der Waals surface area contributed by atoms with Gasteiger partial charge in [-0.1, -0.05) is 0 Å². The maximum atomic E-state index is 14.7. The third kappa shape index (κ3) is 3.95. The van der Waals surface area contributed by atoms with E-state index in [1.807, 2.05) is 6.92 Å². The van der Waals surface area contributed by atoms with Gasteiger partial charge in [0.25, 0.3) is 0 Å². The van der Waals surface area contributed by atoms with Crippen LogP contribution in [0.25, 0.3) is 11.3 Å². The van der Waals surface area contributed by atoms with Crippen LogP contribution in [0.3, 0.4) is 0 Å². The summed E-state index contributed by atoms with van der Waals surface area (Å²) in [6.45, 7) is 4.78. The Morgan fingerprint density at radius 1 is 1.23 bits per heavy atom. The predicted molar refractivity (Wildman–Crippen MR) is 99.1 cm³/mol. The molecule has 2 aliphatic heterocycles. The highest BCUT2D eigenvalue weighted by atomic mass is 19.4. The van der Waals surface area contributed by atoms with Crippen molar-refractivity contribution in [3.8, 4) is 11.3 Å². The fourth-order valence-corrected chi connectivity index (χ4v) is 3.48. The summed E-state index contributed by atoms with van der Waals surface area (Å²) in [5.74, 6) is -1.88. The highest BCUT2D eigenvalue weighted by Gasteiger charge is 2.40. The van der Waals surface area contributed by atoms with Gasteiger partial charge in [-0.15, -0.1) is 0 Å². The number of anilines is 1. The Morgan fingerprint density at radius 3 is 2.57 bits per heavy atom. The molecule has 4 rings (SSSR count). The number of carbonyl (C=O) groups is 1. The van der Waals surface area contributed by atoms with Gasteiger partial charge in [0.15, 0.2) is 11.5 Å². The van der Waals surface area contributed by atoms with Crippen LogP contribution >= 0.6 is 0 Å². The lowest BCUT2D eigenvalue weighted by Gasteiger charge is -2.39. The monoisotopic (exact) mass is 427 g/mol. The normalized spacial score (nSPS) is 19.7. The highest BCUT2D eigenvalue weighted by molar-refractivity contribution is 5.76. The van der Waals surface area contributed by atoms with Gasteiger partial charge in [0.2, 0.25) is 11.9 Å². The van der Waals surface area contributed by atoms with Crippen LogP contribution in [-0.4, -0.2) is 69.3 Å². The fraction of sp³-hybridized carbons (Fsp3) is 0.556. The summed E-state index contributed by atoms with van der Waals surface area (Å²) in [6.07, 6.45) is -1.63. The van der Waals surface area contributed by atoms with E-state index in [2.05, 4.69) is 20.4 Å². The molecule has 0 aliphatic carbocycles. The number of nitrogens with zero attached hydrogens (tertiary/aromatic N) is 6. The number of carbonyl (C=O) groups excluding carboxylic acids is 1. The zero-order valence-corrected chi connectivity index (χ0v) is 16.3. The Balaban J connectivity index is 1.63. The molecule has 0 radical (unpaired) electrons. The van der Waals surface area contributed by atoms with Crippen molar-refractivity contribution >= 4 is 11.9 Å². The molecule has 1 atom stereocenters. The minimum Gasteiger partial charge on any atom is -0.339 e. The molecule has 4 heterocycles. The second kappa shape index (κ2) is 7.82. The van der Waals surface area contributed by atoms with Gasteiger partial charge in [-0.25, -0.2) is 14.4 Å². The van der Waals surface area contributed by atoms with Gasteiger partial charge in [-0.2, -0.15) is 18.3 Å². The van der Waals surface area contributed by atoms with Gasteiger partial charge >= 0.3 is 6.18 Å². The average molecular weight is 427 g/mol. The van der Waals surface area contributed by atoms with Crippen LogP contribution in [0.15, 0.2) is 12.4 Å². The van der Waals surface area contributed by atoms with Crippen molar-refractivity contribution in [1.29, 1.82) is 0 Å². The maximum absolute atomic E-state index is 14.7. The van der Waals surface area contributed by atoms with E-state index in [1.165, 1.54) is 17.1 Å². The molecule has 2 aromatic heterocycles. The Kier molecular flexibility index (Phi) is 5.35. The lowest BCUT2D eigenvalue weighted by Crippen LogP contribution is -2.47. The highest BCUT2D eigenvalue weighted by Crippen LogP contribution is 2.36. The summed E-state index contributed by atoms with van der Waals surface area (Å²) in [7, 11) is 0. The van der Waals surface area contributed by atoms with Crippen molar-refractivity contribution in [3.63, 3.8) is 0 Å². The summed E-state index contributed by atoms with van der Waals surface area (Å²) in [6, 6.07) is -0.0243. The first-order valence-corrected chi connectivity index (χ1v) is 9.66. The van der Waals surface area contributed by atoms with Crippen molar-refractivity contribution in [2.75, 3.05) is 37.6 Å². The van der Waals surface area contributed by atoms with Crippen molar-refractivity contribution in [3.05, 3.63) is 23.9 Å². The first-order chi connectivity index (χ1) is 14.2. The van der Waals surface area contributed by atoms with Crippen molar-refractivity contribution in [2.24, 2.45) is 0 Å². The summed E-state index contributed by atoms with van der Waals surface area (Å²) >= 11 is 0. The maximum Gasteiger partial charge on any atom is 0.436 e. The van der Waals surface area contributed by atoms with Crippen LogP contribution in [0.5, 0.6) is 0 Å². The quantitative estimate of drug-likeness (QED) is 0.746. The molecule has 2 fully saturated rings. The third-order valence-electron chi connectivity index (χ3n) is 5.36. The average Bonchev–Trinajstić information content (AvgIpc) is 3.16. The number of aromatic nitrogens is 4. The second-order valence-corrected chi connectivity index (χ2v) is 7.42. The standard InChI is InChI=1S/C18H21F4N7O/c1-11-2-5-29(11)17-25-15(14(19)16(26-17)18(20,21)22)12-8-24-28(9-12)10-13(30)27-6-3-23-4-7-27/h8-9,11,23H,2-7,10H2,1H3/t11-/m0/s1. The molecule has 2 aromatic rings. The smallest absolute Gasteiger partial charge is 0.339 e. The van der Waals surface area contributed by atoms with Crippen LogP contribution < -0.4 is 10.2 Å². The first-order valence-electron chi connectivity index (χ1n) is 9.66. The number of piperazine rings is 1. The van der Waals surface area contributed by atoms with E-state index < -0.39 is 23.4 Å². The van der Waals surface area contributed by atoms with Crippen molar-refractivity contribution in [2.45, 2.75) is 32.1 Å². The summed E-state index contributed by atoms with van der Waals surface area (Å²) < 4.78 is 56.1. The molecule has 0 spiro atoms. The van der Waals surface area contributed by atoms with Gasteiger partial charge in [0.05, 0.1) is 6.20 Å². The minimum atomic E-state index is -4.96. The molecular formula is C18H21F4N7O. The third-order valence-corrected chi connectivity index (χ3v) is 5.36. The van der Waals surface area contributed by atoms with Crippen LogP contribution in [0.4, 0.5) is 23.5 Å². The molecule has 2 saturated heterocycles. The van der Waals surface area contributed by atoms with Crippen molar-refractivity contribution in [1.82, 2.24) is 30.0 Å². The Labute approximate surface area is 169 Å². The number of rotatable bonds is 4. The summed E-state index contributed by atoms with van der Waals surface area (Å²) in [4.78, 5) is 23.1. The van der Waals surface area contributed by atoms with Gasteiger partial charge in [0.1, 0.15) is 12.2 Å². The molecule has 1 amide bonds. The van der Waals surface area contributed by atoms with Crippen molar-refractivity contribution < 1.29 is 22.4 Å². The van der Waals surface area contributed by atoms with E-state index in [1.54, 1.807) is 9.80 Å². The van der Waals surface area contributed by atoms with Crippen LogP contribution in [0.2, 0.25) is 0 Å². The van der Waals surface area contributed by atoms with Gasteiger partial charge < -0.3 is 15.1 Å². The van der Waals surface area contributed by atoms with Crippen LogP contribution in [-0.2, 0) is 17.5 Å². The first kappa shape index (κ1) is 20.5. The van der Waals surface area contributed by atoms with Crippen LogP contribution in [0, 0.1) is 5.82 Å². The molecule has 162 valence electrons. The summed E-state index contributed by atoms with van der Waals surface area (Å²) in [5, 5.41) is 7.16. The molecule has 0 saturated carbocycles. The molecule has 1 N–H and O–H groups in total. The molecule has 0 aromatic carbocycles. The Bertz CT molecular complexity index is 939. The second-order valence-electron chi connectivity index (χ2n) is 7.42. The number of hydrogen-bond acceptors (Lipinski definition) is 6. The molecule has 0 unspecified atom stereocenters. The summed E-state index contributed by atoms with van der Waals surface area (Å²) in [5.41, 5.74) is -2.03. The molecule has 30 heavy (non-hydrogen) atoms. The van der Waals surface area contributed by atoms with Gasteiger partial charge in [0, 0.05) is 50.5 Å². The largest absolute Gasteiger partial charge is 0.436 e. The van der Waals surface area contributed by atoms with E-state index >= 15 is 0 Å². The Morgan fingerprint density at radius 2 is 1.97 bits per heavy atom. The van der Waals surface area contributed by atoms with E-state index in [0.717, 1.165) is 6.42 Å². The lowest BCUT2D eigenvalue weighted by atomic mass is 10.1.